The zero-order chi connectivity index (χ0) is 17.0. The van der Waals surface area contributed by atoms with Gasteiger partial charge in [-0.2, -0.15) is 0 Å². The molecule has 0 saturated heterocycles. The summed E-state index contributed by atoms with van der Waals surface area (Å²) in [4.78, 5) is 12.2. The van der Waals surface area contributed by atoms with Crippen molar-refractivity contribution in [3.8, 4) is 0 Å². The molecule has 0 heterocycles. The van der Waals surface area contributed by atoms with Crippen LogP contribution in [0, 0.1) is 6.92 Å². The van der Waals surface area contributed by atoms with Crippen molar-refractivity contribution in [2.24, 2.45) is 0 Å². The number of amides is 1. The number of halogens is 1. The van der Waals surface area contributed by atoms with Crippen molar-refractivity contribution in [3.63, 3.8) is 0 Å². The number of sulfonamides is 1. The van der Waals surface area contributed by atoms with E-state index in [0.717, 1.165) is 16.1 Å². The maximum absolute atomic E-state index is 12.2. The highest BCUT2D eigenvalue weighted by atomic mass is 35.5. The summed E-state index contributed by atoms with van der Waals surface area (Å²) >= 11 is 5.81. The van der Waals surface area contributed by atoms with E-state index in [4.69, 9.17) is 11.6 Å². The van der Waals surface area contributed by atoms with E-state index in [0.29, 0.717) is 16.4 Å². The molecule has 0 radical (unpaired) electrons. The molecule has 0 aliphatic rings. The van der Waals surface area contributed by atoms with Crippen LogP contribution >= 0.6 is 11.6 Å². The Morgan fingerprint density at radius 2 is 1.83 bits per heavy atom. The van der Waals surface area contributed by atoms with Crippen molar-refractivity contribution in [2.75, 3.05) is 22.4 Å². The topological polar surface area (TPSA) is 66.5 Å². The lowest BCUT2D eigenvalue weighted by atomic mass is 10.2. The zero-order valence-electron chi connectivity index (χ0n) is 12.8. The molecule has 0 atom stereocenters. The van der Waals surface area contributed by atoms with E-state index >= 15 is 0 Å². The molecule has 23 heavy (non-hydrogen) atoms. The van der Waals surface area contributed by atoms with E-state index in [1.165, 1.54) is 0 Å². The average Bonchev–Trinajstić information content (AvgIpc) is 2.45. The van der Waals surface area contributed by atoms with Gasteiger partial charge in [-0.15, -0.1) is 0 Å². The molecule has 0 saturated carbocycles. The molecular weight excluding hydrogens is 336 g/mol. The molecule has 1 N–H and O–H groups in total. The Labute approximate surface area is 140 Å². The van der Waals surface area contributed by atoms with Crippen molar-refractivity contribution in [1.82, 2.24) is 0 Å². The lowest BCUT2D eigenvalue weighted by Crippen LogP contribution is -2.37. The first-order valence-corrected chi connectivity index (χ1v) is 9.08. The highest BCUT2D eigenvalue weighted by molar-refractivity contribution is 7.92. The molecule has 2 aromatic rings. The van der Waals surface area contributed by atoms with E-state index < -0.39 is 15.9 Å². The predicted octanol–water partition coefficient (Wildman–Crippen LogP) is 3.05. The molecule has 122 valence electrons. The second-order valence-corrected chi connectivity index (χ2v) is 7.51. The number of hydrogen-bond acceptors (Lipinski definition) is 3. The summed E-state index contributed by atoms with van der Waals surface area (Å²) in [6.07, 6.45) is 1.06. The van der Waals surface area contributed by atoms with E-state index in [-0.39, 0.29) is 6.54 Å². The monoisotopic (exact) mass is 352 g/mol. The molecule has 0 aliphatic carbocycles. The van der Waals surface area contributed by atoms with Gasteiger partial charge in [0.05, 0.1) is 11.9 Å². The van der Waals surface area contributed by atoms with Gasteiger partial charge in [0.15, 0.2) is 0 Å². The Balaban J connectivity index is 2.18. The van der Waals surface area contributed by atoms with Crippen LogP contribution < -0.4 is 9.62 Å². The molecule has 0 aromatic heterocycles. The minimum absolute atomic E-state index is 0.311. The number of anilines is 2. The third kappa shape index (κ3) is 4.97. The van der Waals surface area contributed by atoms with Gasteiger partial charge in [-0.1, -0.05) is 23.7 Å². The Morgan fingerprint density at radius 1 is 1.17 bits per heavy atom. The lowest BCUT2D eigenvalue weighted by molar-refractivity contribution is -0.114. The Bertz CT molecular complexity index is 804. The first kappa shape index (κ1) is 17.3. The summed E-state index contributed by atoms with van der Waals surface area (Å²) in [5.74, 6) is -0.420. The molecule has 0 fully saturated rings. The van der Waals surface area contributed by atoms with Crippen LogP contribution in [0.4, 0.5) is 11.4 Å². The van der Waals surface area contributed by atoms with Gasteiger partial charge in [0.2, 0.25) is 15.9 Å². The molecule has 0 spiro atoms. The van der Waals surface area contributed by atoms with E-state index in [1.54, 1.807) is 30.3 Å². The number of rotatable bonds is 5. The van der Waals surface area contributed by atoms with Crippen LogP contribution in [0.25, 0.3) is 0 Å². The van der Waals surface area contributed by atoms with Crippen LogP contribution in [-0.4, -0.2) is 27.1 Å². The number of benzene rings is 2. The van der Waals surface area contributed by atoms with E-state index in [9.17, 15) is 13.2 Å². The summed E-state index contributed by atoms with van der Waals surface area (Å²) in [5.41, 5.74) is 2.01. The largest absolute Gasteiger partial charge is 0.325 e. The smallest absolute Gasteiger partial charge is 0.245 e. The van der Waals surface area contributed by atoms with Gasteiger partial charge >= 0.3 is 0 Å². The van der Waals surface area contributed by atoms with Crippen LogP contribution in [0.2, 0.25) is 5.02 Å². The van der Waals surface area contributed by atoms with Gasteiger partial charge in [-0.3, -0.25) is 9.10 Å². The van der Waals surface area contributed by atoms with E-state index in [2.05, 4.69) is 5.32 Å². The molecular formula is C16H17ClN2O3S. The minimum Gasteiger partial charge on any atom is -0.325 e. The molecule has 5 nitrogen and oxygen atoms in total. The Hall–Kier alpha value is -2.05. The summed E-state index contributed by atoms with van der Waals surface area (Å²) in [5, 5.41) is 3.19. The number of nitrogens with zero attached hydrogens (tertiary/aromatic N) is 1. The van der Waals surface area contributed by atoms with Crippen LogP contribution in [0.15, 0.2) is 48.5 Å². The molecule has 7 heteroatoms. The summed E-state index contributed by atoms with van der Waals surface area (Å²) < 4.78 is 25.0. The van der Waals surface area contributed by atoms with Crippen molar-refractivity contribution < 1.29 is 13.2 Å². The maximum Gasteiger partial charge on any atom is 0.245 e. The van der Waals surface area contributed by atoms with Gasteiger partial charge < -0.3 is 5.32 Å². The van der Waals surface area contributed by atoms with Gasteiger partial charge in [0.25, 0.3) is 0 Å². The maximum atomic E-state index is 12.2. The highest BCUT2D eigenvalue weighted by Crippen LogP contribution is 2.20. The number of nitrogens with one attached hydrogen (secondary N) is 1. The van der Waals surface area contributed by atoms with Gasteiger partial charge in [0, 0.05) is 10.7 Å². The van der Waals surface area contributed by atoms with Crippen LogP contribution in [-0.2, 0) is 14.8 Å². The van der Waals surface area contributed by atoms with Crippen LogP contribution in [0.1, 0.15) is 5.56 Å². The fourth-order valence-electron chi connectivity index (χ4n) is 2.06. The molecule has 1 amide bonds. The van der Waals surface area contributed by atoms with Gasteiger partial charge in [-0.25, -0.2) is 8.42 Å². The highest BCUT2D eigenvalue weighted by Gasteiger charge is 2.20. The molecule has 2 rings (SSSR count). The number of hydrogen-bond donors (Lipinski definition) is 1. The van der Waals surface area contributed by atoms with Crippen LogP contribution in [0.5, 0.6) is 0 Å². The Morgan fingerprint density at radius 3 is 2.39 bits per heavy atom. The number of carbonyl (C=O) groups is 1. The number of carbonyl (C=O) groups excluding carboxylic acids is 1. The van der Waals surface area contributed by atoms with Crippen molar-refractivity contribution in [1.29, 1.82) is 0 Å². The number of aryl methyl sites for hydroxylation is 1. The fourth-order valence-corrected chi connectivity index (χ4v) is 3.04. The third-order valence-corrected chi connectivity index (χ3v) is 4.50. The van der Waals surface area contributed by atoms with Crippen molar-refractivity contribution in [3.05, 3.63) is 59.1 Å². The molecule has 0 bridgehead atoms. The van der Waals surface area contributed by atoms with Gasteiger partial charge in [-0.05, 0) is 48.9 Å². The van der Waals surface area contributed by atoms with E-state index in [1.807, 2.05) is 25.1 Å². The summed E-state index contributed by atoms with van der Waals surface area (Å²) in [7, 11) is -3.60. The Kier molecular flexibility index (Phi) is 5.28. The van der Waals surface area contributed by atoms with Crippen molar-refractivity contribution >= 4 is 38.9 Å². The molecule has 2 aromatic carbocycles. The SMILES string of the molecule is Cc1cccc(NC(=O)CN(c2ccc(Cl)cc2)S(C)(=O)=O)c1. The quantitative estimate of drug-likeness (QED) is 0.899. The molecule has 0 aliphatic heterocycles. The first-order chi connectivity index (χ1) is 10.8. The molecule has 0 unspecified atom stereocenters. The fraction of sp³-hybridized carbons (Fsp3) is 0.188. The minimum atomic E-state index is -3.60. The third-order valence-electron chi connectivity index (χ3n) is 3.10. The van der Waals surface area contributed by atoms with Crippen molar-refractivity contribution in [2.45, 2.75) is 6.92 Å². The van der Waals surface area contributed by atoms with Crippen LogP contribution in [0.3, 0.4) is 0 Å². The second kappa shape index (κ2) is 7.02. The predicted molar refractivity (Wildman–Crippen MR) is 93.5 cm³/mol. The normalized spacial score (nSPS) is 11.1. The average molecular weight is 353 g/mol. The second-order valence-electron chi connectivity index (χ2n) is 5.16. The first-order valence-electron chi connectivity index (χ1n) is 6.85. The lowest BCUT2D eigenvalue weighted by Gasteiger charge is -2.22. The zero-order valence-corrected chi connectivity index (χ0v) is 14.4. The summed E-state index contributed by atoms with van der Waals surface area (Å²) in [6.45, 7) is 1.60. The summed E-state index contributed by atoms with van der Waals surface area (Å²) in [6, 6.07) is 13.6. The van der Waals surface area contributed by atoms with Gasteiger partial charge in [0.1, 0.15) is 6.54 Å². The standard InChI is InChI=1S/C16H17ClN2O3S/c1-12-4-3-5-14(10-12)18-16(20)11-19(23(2,21)22)15-8-6-13(17)7-9-15/h3-10H,11H2,1-2H3,(H,18,20).